The Morgan fingerprint density at radius 2 is 2.11 bits per heavy atom. The van der Waals surface area contributed by atoms with E-state index in [2.05, 4.69) is 37.2 Å². The molecule has 0 aromatic heterocycles. The van der Waals surface area contributed by atoms with Crippen LogP contribution < -0.4 is 5.32 Å². The van der Waals surface area contributed by atoms with E-state index in [4.69, 9.17) is 0 Å². The van der Waals surface area contributed by atoms with Crippen molar-refractivity contribution in [2.45, 2.75) is 19.3 Å². The second-order valence-electron chi connectivity index (χ2n) is 4.94. The van der Waals surface area contributed by atoms with Crippen molar-refractivity contribution in [3.63, 3.8) is 0 Å². The standard InChI is InChI=1S/C14H16Br2FNO/c15-7-9-2-1-3-10(9)8-18-14(19)12-6-11(16)4-5-13(12)17/h4-6,9-10H,1-3,7-8H2,(H,18,19). The zero-order chi connectivity index (χ0) is 13.8. The van der Waals surface area contributed by atoms with Gasteiger partial charge in [-0.25, -0.2) is 4.39 Å². The van der Waals surface area contributed by atoms with Crippen LogP contribution >= 0.6 is 31.9 Å². The van der Waals surface area contributed by atoms with Crippen LogP contribution in [0.2, 0.25) is 0 Å². The summed E-state index contributed by atoms with van der Waals surface area (Å²) >= 11 is 6.76. The molecule has 1 N–H and O–H groups in total. The van der Waals surface area contributed by atoms with E-state index in [9.17, 15) is 9.18 Å². The summed E-state index contributed by atoms with van der Waals surface area (Å²) in [6, 6.07) is 4.40. The lowest BCUT2D eigenvalue weighted by molar-refractivity contribution is 0.0940. The van der Waals surface area contributed by atoms with Crippen LogP contribution in [0.15, 0.2) is 22.7 Å². The first-order valence-corrected chi connectivity index (χ1v) is 8.32. The Labute approximate surface area is 129 Å². The normalized spacial score (nSPS) is 22.5. The highest BCUT2D eigenvalue weighted by atomic mass is 79.9. The van der Waals surface area contributed by atoms with Gasteiger partial charge in [-0.3, -0.25) is 4.79 Å². The Morgan fingerprint density at radius 1 is 1.37 bits per heavy atom. The Kier molecular flexibility index (Phi) is 5.39. The summed E-state index contributed by atoms with van der Waals surface area (Å²) in [6.07, 6.45) is 3.55. The Morgan fingerprint density at radius 3 is 2.84 bits per heavy atom. The van der Waals surface area contributed by atoms with Crippen molar-refractivity contribution >= 4 is 37.8 Å². The predicted molar refractivity (Wildman–Crippen MR) is 81.1 cm³/mol. The molecule has 19 heavy (non-hydrogen) atoms. The van der Waals surface area contributed by atoms with Gasteiger partial charge in [-0.15, -0.1) is 0 Å². The number of halogens is 3. The summed E-state index contributed by atoms with van der Waals surface area (Å²) in [5.41, 5.74) is 0.0998. The SMILES string of the molecule is O=C(NCC1CCCC1CBr)c1cc(Br)ccc1F. The molecule has 0 aliphatic heterocycles. The van der Waals surface area contributed by atoms with Gasteiger partial charge in [0.15, 0.2) is 0 Å². The minimum atomic E-state index is -0.482. The molecular formula is C14H16Br2FNO. The molecule has 1 aromatic rings. The smallest absolute Gasteiger partial charge is 0.254 e. The summed E-state index contributed by atoms with van der Waals surface area (Å²) in [7, 11) is 0. The highest BCUT2D eigenvalue weighted by molar-refractivity contribution is 9.10. The Hall–Kier alpha value is -0.420. The monoisotopic (exact) mass is 391 g/mol. The number of carbonyl (C=O) groups is 1. The third-order valence-corrected chi connectivity index (χ3v) is 5.04. The number of nitrogens with one attached hydrogen (secondary N) is 1. The number of benzene rings is 1. The lowest BCUT2D eigenvalue weighted by Gasteiger charge is -2.17. The van der Waals surface area contributed by atoms with Gasteiger partial charge in [0, 0.05) is 16.3 Å². The maximum absolute atomic E-state index is 13.6. The molecule has 1 aromatic carbocycles. The van der Waals surface area contributed by atoms with Crippen LogP contribution in [0.5, 0.6) is 0 Å². The minimum Gasteiger partial charge on any atom is -0.352 e. The topological polar surface area (TPSA) is 29.1 Å². The molecule has 1 saturated carbocycles. The summed E-state index contributed by atoms with van der Waals surface area (Å²) in [5, 5.41) is 3.82. The number of alkyl halides is 1. The van der Waals surface area contributed by atoms with Crippen LogP contribution in [0.4, 0.5) is 4.39 Å². The van der Waals surface area contributed by atoms with Gasteiger partial charge in [0.2, 0.25) is 0 Å². The van der Waals surface area contributed by atoms with Crippen molar-refractivity contribution in [1.82, 2.24) is 5.32 Å². The van der Waals surface area contributed by atoms with Crippen LogP contribution in [0, 0.1) is 17.7 Å². The molecule has 1 amide bonds. The molecule has 2 nitrogen and oxygen atoms in total. The van der Waals surface area contributed by atoms with Gasteiger partial charge >= 0.3 is 0 Å². The van der Waals surface area contributed by atoms with E-state index in [1.165, 1.54) is 25.0 Å². The summed E-state index contributed by atoms with van der Waals surface area (Å²) in [4.78, 5) is 12.0. The van der Waals surface area contributed by atoms with Gasteiger partial charge in [-0.05, 0) is 42.9 Å². The highest BCUT2D eigenvalue weighted by Crippen LogP contribution is 2.32. The maximum atomic E-state index is 13.6. The first-order valence-electron chi connectivity index (χ1n) is 6.41. The quantitative estimate of drug-likeness (QED) is 0.767. The molecular weight excluding hydrogens is 377 g/mol. The van der Waals surface area contributed by atoms with E-state index in [1.54, 1.807) is 6.07 Å². The average molecular weight is 393 g/mol. The molecule has 0 saturated heterocycles. The summed E-state index contributed by atoms with van der Waals surface area (Å²) in [5.74, 6) is 0.300. The van der Waals surface area contributed by atoms with E-state index in [0.717, 1.165) is 11.8 Å². The van der Waals surface area contributed by atoms with Crippen LogP contribution in [-0.4, -0.2) is 17.8 Å². The van der Waals surface area contributed by atoms with Crippen LogP contribution in [0.3, 0.4) is 0 Å². The molecule has 0 bridgehead atoms. The first kappa shape index (κ1) is 15.0. The molecule has 2 atom stereocenters. The molecule has 2 unspecified atom stereocenters. The molecule has 1 aliphatic rings. The van der Waals surface area contributed by atoms with Crippen LogP contribution in [0.25, 0.3) is 0 Å². The van der Waals surface area contributed by atoms with Crippen molar-refractivity contribution in [3.8, 4) is 0 Å². The minimum absolute atomic E-state index is 0.0998. The number of rotatable bonds is 4. The number of amides is 1. The van der Waals surface area contributed by atoms with Gasteiger partial charge in [0.1, 0.15) is 5.82 Å². The second kappa shape index (κ2) is 6.84. The van der Waals surface area contributed by atoms with Crippen molar-refractivity contribution < 1.29 is 9.18 Å². The molecule has 5 heteroatoms. The van der Waals surface area contributed by atoms with Crippen LogP contribution in [0.1, 0.15) is 29.6 Å². The molecule has 2 rings (SSSR count). The highest BCUT2D eigenvalue weighted by Gasteiger charge is 2.26. The van der Waals surface area contributed by atoms with E-state index in [1.807, 2.05) is 0 Å². The van der Waals surface area contributed by atoms with Crippen molar-refractivity contribution in [2.75, 3.05) is 11.9 Å². The van der Waals surface area contributed by atoms with Gasteiger partial charge in [0.05, 0.1) is 5.56 Å². The molecule has 1 fully saturated rings. The zero-order valence-corrected chi connectivity index (χ0v) is 13.6. The largest absolute Gasteiger partial charge is 0.352 e. The van der Waals surface area contributed by atoms with Gasteiger partial charge in [0.25, 0.3) is 5.91 Å². The van der Waals surface area contributed by atoms with Gasteiger partial charge in [-0.2, -0.15) is 0 Å². The van der Waals surface area contributed by atoms with Crippen molar-refractivity contribution in [1.29, 1.82) is 0 Å². The van der Waals surface area contributed by atoms with Crippen LogP contribution in [-0.2, 0) is 0 Å². The maximum Gasteiger partial charge on any atom is 0.254 e. The van der Waals surface area contributed by atoms with Gasteiger partial charge < -0.3 is 5.32 Å². The zero-order valence-electron chi connectivity index (χ0n) is 10.5. The molecule has 0 spiro atoms. The molecule has 104 valence electrons. The molecule has 1 aliphatic carbocycles. The van der Waals surface area contributed by atoms with Gasteiger partial charge in [-0.1, -0.05) is 38.3 Å². The fourth-order valence-electron chi connectivity index (χ4n) is 2.58. The lowest BCUT2D eigenvalue weighted by atomic mass is 9.98. The Balaban J connectivity index is 1.96. The fourth-order valence-corrected chi connectivity index (χ4v) is 3.79. The molecule has 0 radical (unpaired) electrons. The number of hydrogen-bond donors (Lipinski definition) is 1. The van der Waals surface area contributed by atoms with E-state index < -0.39 is 5.82 Å². The summed E-state index contributed by atoms with van der Waals surface area (Å²) < 4.78 is 14.3. The lowest BCUT2D eigenvalue weighted by Crippen LogP contribution is -2.31. The first-order chi connectivity index (χ1) is 9.11. The number of carbonyl (C=O) groups excluding carboxylic acids is 1. The van der Waals surface area contributed by atoms with Crippen molar-refractivity contribution in [2.24, 2.45) is 11.8 Å². The van der Waals surface area contributed by atoms with E-state index in [0.29, 0.717) is 22.9 Å². The predicted octanol–water partition coefficient (Wildman–Crippen LogP) is 4.13. The number of hydrogen-bond acceptors (Lipinski definition) is 1. The third kappa shape index (κ3) is 3.78. The van der Waals surface area contributed by atoms with E-state index in [-0.39, 0.29) is 11.5 Å². The van der Waals surface area contributed by atoms with E-state index >= 15 is 0 Å². The van der Waals surface area contributed by atoms with Crippen molar-refractivity contribution in [3.05, 3.63) is 34.1 Å². The summed E-state index contributed by atoms with van der Waals surface area (Å²) in [6.45, 7) is 0.626. The Bertz CT molecular complexity index is 467. The molecule has 0 heterocycles. The second-order valence-corrected chi connectivity index (χ2v) is 6.50. The third-order valence-electron chi connectivity index (χ3n) is 3.71. The fraction of sp³-hybridized carbons (Fsp3) is 0.500. The average Bonchev–Trinajstić information content (AvgIpc) is 2.86.